The van der Waals surface area contributed by atoms with Crippen molar-refractivity contribution in [2.45, 2.75) is 38.3 Å². The fourth-order valence-corrected chi connectivity index (χ4v) is 5.45. The van der Waals surface area contributed by atoms with Gasteiger partial charge in [-0.2, -0.15) is 0 Å². The quantitative estimate of drug-likeness (QED) is 0.583. The van der Waals surface area contributed by atoms with Gasteiger partial charge in [-0.1, -0.05) is 41.7 Å². The third-order valence-corrected chi connectivity index (χ3v) is 7.14. The van der Waals surface area contributed by atoms with Gasteiger partial charge in [-0.05, 0) is 68.6 Å². The molecule has 2 fully saturated rings. The van der Waals surface area contributed by atoms with Crippen molar-refractivity contribution in [1.82, 2.24) is 19.8 Å². The second-order valence-corrected chi connectivity index (χ2v) is 9.37. The smallest absolute Gasteiger partial charge is 0.188 e. The number of hydrogen-bond acceptors (Lipinski definition) is 6. The minimum atomic E-state index is 0.695. The highest BCUT2D eigenvalue weighted by Gasteiger charge is 2.27. The summed E-state index contributed by atoms with van der Waals surface area (Å²) in [7, 11) is 0. The largest absolute Gasteiger partial charge is 0.316 e. The van der Waals surface area contributed by atoms with Gasteiger partial charge in [0, 0.05) is 31.5 Å². The lowest BCUT2D eigenvalue weighted by atomic mass is 10.2. The molecule has 0 spiro atoms. The minimum Gasteiger partial charge on any atom is -0.316 e. The Morgan fingerprint density at radius 2 is 1.87 bits per heavy atom. The molecule has 6 heteroatoms. The third kappa shape index (κ3) is 4.72. The highest BCUT2D eigenvalue weighted by Crippen LogP contribution is 2.30. The highest BCUT2D eigenvalue weighted by molar-refractivity contribution is 7.18. The molecule has 0 amide bonds. The number of hydrogen-bond donors (Lipinski definition) is 1. The number of benzene rings is 1. The van der Waals surface area contributed by atoms with Crippen molar-refractivity contribution in [3.05, 3.63) is 60.4 Å². The monoisotopic (exact) mass is 419 g/mol. The topological polar surface area (TPSA) is 44.3 Å². The van der Waals surface area contributed by atoms with Gasteiger partial charge in [-0.25, -0.2) is 9.97 Å². The van der Waals surface area contributed by atoms with Crippen molar-refractivity contribution in [2.75, 3.05) is 31.5 Å². The lowest BCUT2D eigenvalue weighted by Gasteiger charge is -2.28. The Morgan fingerprint density at radius 3 is 2.73 bits per heavy atom. The van der Waals surface area contributed by atoms with E-state index in [9.17, 15) is 0 Å². The summed E-state index contributed by atoms with van der Waals surface area (Å²) in [6.07, 6.45) is 9.22. The maximum absolute atomic E-state index is 4.54. The zero-order valence-corrected chi connectivity index (χ0v) is 18.2. The normalized spacial score (nSPS) is 20.1. The van der Waals surface area contributed by atoms with Crippen molar-refractivity contribution >= 4 is 22.3 Å². The number of anilines is 2. The van der Waals surface area contributed by atoms with Gasteiger partial charge >= 0.3 is 0 Å². The number of aromatic nitrogens is 2. The van der Waals surface area contributed by atoms with E-state index in [-0.39, 0.29) is 0 Å². The number of pyridine rings is 1. The molecule has 2 saturated heterocycles. The van der Waals surface area contributed by atoms with Crippen LogP contribution in [0.1, 0.15) is 31.2 Å². The second-order valence-electron chi connectivity index (χ2n) is 8.34. The summed E-state index contributed by atoms with van der Waals surface area (Å²) in [6.45, 7) is 6.01. The van der Waals surface area contributed by atoms with Crippen molar-refractivity contribution in [3.63, 3.8) is 0 Å². The second kappa shape index (κ2) is 9.25. The first-order valence-corrected chi connectivity index (χ1v) is 11.8. The Bertz CT molecular complexity index is 951. The summed E-state index contributed by atoms with van der Waals surface area (Å²) >= 11 is 1.66. The Labute approximate surface area is 182 Å². The fraction of sp³-hybridized carbons (Fsp3) is 0.417. The van der Waals surface area contributed by atoms with E-state index in [4.69, 9.17) is 0 Å². The molecule has 2 aliphatic rings. The van der Waals surface area contributed by atoms with Crippen molar-refractivity contribution < 1.29 is 0 Å². The van der Waals surface area contributed by atoms with Crippen LogP contribution in [-0.2, 0) is 6.54 Å². The summed E-state index contributed by atoms with van der Waals surface area (Å²) in [6, 6.07) is 15.4. The Kier molecular flexibility index (Phi) is 6.06. The SMILES string of the molecule is c1ccc(-c2cnc(Nc3cc(CN4CCCC4CN4CCCC4)ccn3)s2)cc1. The van der Waals surface area contributed by atoms with Crippen LogP contribution in [0.5, 0.6) is 0 Å². The van der Waals surface area contributed by atoms with Gasteiger partial charge in [0.15, 0.2) is 5.13 Å². The predicted octanol–water partition coefficient (Wildman–Crippen LogP) is 5.01. The fourth-order valence-electron chi connectivity index (χ4n) is 4.63. The van der Waals surface area contributed by atoms with Gasteiger partial charge in [-0.3, -0.25) is 4.90 Å². The average molecular weight is 420 g/mol. The van der Waals surface area contributed by atoms with Crippen molar-refractivity contribution in [2.24, 2.45) is 0 Å². The van der Waals surface area contributed by atoms with E-state index in [1.807, 2.05) is 18.5 Å². The Morgan fingerprint density at radius 1 is 1.00 bits per heavy atom. The number of rotatable bonds is 7. The molecule has 1 atom stereocenters. The van der Waals surface area contributed by atoms with Gasteiger partial charge in [-0.15, -0.1) is 0 Å². The first kappa shape index (κ1) is 19.7. The van der Waals surface area contributed by atoms with Crippen LogP contribution in [-0.4, -0.2) is 52.0 Å². The van der Waals surface area contributed by atoms with Crippen molar-refractivity contribution in [3.8, 4) is 10.4 Å². The predicted molar refractivity (Wildman–Crippen MR) is 124 cm³/mol. The first-order valence-electron chi connectivity index (χ1n) is 11.0. The van der Waals surface area contributed by atoms with E-state index in [0.717, 1.165) is 22.4 Å². The van der Waals surface area contributed by atoms with Crippen LogP contribution in [0.15, 0.2) is 54.9 Å². The number of likely N-dealkylation sites (tertiary alicyclic amines) is 2. The van der Waals surface area contributed by atoms with Crippen LogP contribution in [0.25, 0.3) is 10.4 Å². The lowest BCUT2D eigenvalue weighted by molar-refractivity contribution is 0.185. The maximum Gasteiger partial charge on any atom is 0.188 e. The molecule has 5 nitrogen and oxygen atoms in total. The molecule has 1 N–H and O–H groups in total. The first-order chi connectivity index (χ1) is 14.8. The highest BCUT2D eigenvalue weighted by atomic mass is 32.1. The van der Waals surface area contributed by atoms with E-state index in [2.05, 4.69) is 61.5 Å². The summed E-state index contributed by atoms with van der Waals surface area (Å²) in [5, 5.41) is 4.28. The molecule has 0 radical (unpaired) electrons. The molecular formula is C24H29N5S. The van der Waals surface area contributed by atoms with Gasteiger partial charge in [0.05, 0.1) is 4.88 Å². The summed E-state index contributed by atoms with van der Waals surface area (Å²) in [4.78, 5) is 15.5. The molecule has 2 aliphatic heterocycles. The molecule has 156 valence electrons. The Balaban J connectivity index is 1.23. The van der Waals surface area contributed by atoms with E-state index in [1.165, 1.54) is 63.0 Å². The van der Waals surface area contributed by atoms with Crippen LogP contribution < -0.4 is 5.32 Å². The molecule has 1 aromatic carbocycles. The standard InChI is InChI=1S/C24H29N5S/c1-2-7-20(8-3-1)22-16-26-24(30-22)27-23-15-19(10-11-25-23)17-29-14-6-9-21(29)18-28-12-4-5-13-28/h1-3,7-8,10-11,15-16,21H,4-6,9,12-14,17-18H2,(H,25,26,27). The molecule has 5 rings (SSSR count). The zero-order valence-electron chi connectivity index (χ0n) is 17.3. The van der Waals surface area contributed by atoms with Crippen LogP contribution >= 0.6 is 11.3 Å². The lowest BCUT2D eigenvalue weighted by Crippen LogP contribution is -2.38. The molecule has 0 bridgehead atoms. The minimum absolute atomic E-state index is 0.695. The van der Waals surface area contributed by atoms with Crippen LogP contribution in [0.3, 0.4) is 0 Å². The van der Waals surface area contributed by atoms with E-state index < -0.39 is 0 Å². The summed E-state index contributed by atoms with van der Waals surface area (Å²) in [5.74, 6) is 0.872. The van der Waals surface area contributed by atoms with Crippen LogP contribution in [0.2, 0.25) is 0 Å². The number of thiazole rings is 1. The maximum atomic E-state index is 4.54. The van der Waals surface area contributed by atoms with E-state index in [1.54, 1.807) is 11.3 Å². The van der Waals surface area contributed by atoms with Crippen molar-refractivity contribution in [1.29, 1.82) is 0 Å². The van der Waals surface area contributed by atoms with Gasteiger partial charge in [0.1, 0.15) is 5.82 Å². The van der Waals surface area contributed by atoms with Gasteiger partial charge in [0.25, 0.3) is 0 Å². The number of nitrogens with zero attached hydrogens (tertiary/aromatic N) is 4. The molecule has 30 heavy (non-hydrogen) atoms. The van der Waals surface area contributed by atoms with E-state index in [0.29, 0.717) is 6.04 Å². The van der Waals surface area contributed by atoms with Gasteiger partial charge in [0.2, 0.25) is 0 Å². The molecular weight excluding hydrogens is 390 g/mol. The molecule has 3 aromatic rings. The number of nitrogens with one attached hydrogen (secondary N) is 1. The summed E-state index contributed by atoms with van der Waals surface area (Å²) in [5.41, 5.74) is 2.52. The molecule has 4 heterocycles. The van der Waals surface area contributed by atoms with Crippen LogP contribution in [0.4, 0.5) is 10.9 Å². The molecule has 2 aromatic heterocycles. The molecule has 0 aliphatic carbocycles. The zero-order chi connectivity index (χ0) is 20.2. The molecule has 1 unspecified atom stereocenters. The molecule has 0 saturated carbocycles. The van der Waals surface area contributed by atoms with E-state index >= 15 is 0 Å². The third-order valence-electron chi connectivity index (χ3n) is 6.18. The van der Waals surface area contributed by atoms with Crippen LogP contribution in [0, 0.1) is 0 Å². The average Bonchev–Trinajstić information content (AvgIpc) is 3.53. The summed E-state index contributed by atoms with van der Waals surface area (Å²) < 4.78 is 0. The Hall–Kier alpha value is -2.28. The van der Waals surface area contributed by atoms with Gasteiger partial charge < -0.3 is 10.2 Å².